The van der Waals surface area contributed by atoms with Gasteiger partial charge in [-0.1, -0.05) is 12.1 Å². The van der Waals surface area contributed by atoms with Crippen molar-refractivity contribution in [3.05, 3.63) is 40.0 Å². The predicted octanol–water partition coefficient (Wildman–Crippen LogP) is 1.96. The third-order valence-electron chi connectivity index (χ3n) is 2.78. The fraction of sp³-hybridized carbons (Fsp3) is 0.286. The molecule has 1 aromatic rings. The number of nitrogens with one attached hydrogen (secondary N) is 2. The van der Waals surface area contributed by atoms with Crippen LogP contribution in [0.2, 0.25) is 0 Å². The van der Waals surface area contributed by atoms with Crippen molar-refractivity contribution in [2.24, 2.45) is 0 Å². The Labute approximate surface area is 130 Å². The van der Waals surface area contributed by atoms with Crippen LogP contribution in [0, 0.1) is 0 Å². The van der Waals surface area contributed by atoms with E-state index in [1.54, 1.807) is 13.0 Å². The SMILES string of the molecule is CCOC(=O)C1=C(COc2ccccc2Br)NC(=O)NC1. The smallest absolute Gasteiger partial charge is 0.337 e. The number of rotatable bonds is 5. The van der Waals surface area contributed by atoms with Gasteiger partial charge in [0.15, 0.2) is 0 Å². The molecule has 2 rings (SSSR count). The van der Waals surface area contributed by atoms with Gasteiger partial charge in [-0.3, -0.25) is 0 Å². The van der Waals surface area contributed by atoms with Crippen molar-refractivity contribution in [1.82, 2.24) is 10.6 Å². The van der Waals surface area contributed by atoms with Crippen LogP contribution in [0.4, 0.5) is 4.79 Å². The van der Waals surface area contributed by atoms with Gasteiger partial charge < -0.3 is 20.1 Å². The number of halogens is 1. The molecular formula is C14H15BrN2O4. The summed E-state index contributed by atoms with van der Waals surface area (Å²) in [5, 5.41) is 5.12. The van der Waals surface area contributed by atoms with Gasteiger partial charge in [0.05, 0.1) is 28.9 Å². The van der Waals surface area contributed by atoms with Gasteiger partial charge in [-0.2, -0.15) is 0 Å². The second-order valence-corrected chi connectivity index (χ2v) is 5.06. The van der Waals surface area contributed by atoms with Crippen LogP contribution < -0.4 is 15.4 Å². The zero-order valence-corrected chi connectivity index (χ0v) is 13.0. The Balaban J connectivity index is 2.14. The second kappa shape index (κ2) is 7.12. The summed E-state index contributed by atoms with van der Waals surface area (Å²) in [7, 11) is 0. The van der Waals surface area contributed by atoms with Crippen molar-refractivity contribution in [3.8, 4) is 5.75 Å². The highest BCUT2D eigenvalue weighted by molar-refractivity contribution is 9.10. The first-order valence-electron chi connectivity index (χ1n) is 6.43. The molecule has 0 fully saturated rings. The third kappa shape index (κ3) is 3.98. The maximum absolute atomic E-state index is 11.9. The van der Waals surface area contributed by atoms with Crippen LogP contribution in [0.25, 0.3) is 0 Å². The van der Waals surface area contributed by atoms with E-state index in [2.05, 4.69) is 26.6 Å². The van der Waals surface area contributed by atoms with E-state index >= 15 is 0 Å². The molecule has 112 valence electrons. The molecule has 0 atom stereocenters. The molecule has 0 spiro atoms. The van der Waals surface area contributed by atoms with Crippen LogP contribution in [-0.2, 0) is 9.53 Å². The van der Waals surface area contributed by atoms with Crippen molar-refractivity contribution in [2.45, 2.75) is 6.92 Å². The molecule has 7 heteroatoms. The van der Waals surface area contributed by atoms with E-state index in [1.165, 1.54) is 0 Å². The number of carbonyl (C=O) groups excluding carboxylic acids is 2. The lowest BCUT2D eigenvalue weighted by molar-refractivity contribution is -0.138. The number of carbonyl (C=O) groups is 2. The average molecular weight is 355 g/mol. The van der Waals surface area contributed by atoms with Crippen LogP contribution in [0.3, 0.4) is 0 Å². The van der Waals surface area contributed by atoms with E-state index in [4.69, 9.17) is 9.47 Å². The molecule has 2 amide bonds. The van der Waals surface area contributed by atoms with Crippen LogP contribution in [0.15, 0.2) is 40.0 Å². The molecule has 1 aromatic carbocycles. The lowest BCUT2D eigenvalue weighted by atomic mass is 10.1. The molecule has 0 aliphatic carbocycles. The van der Waals surface area contributed by atoms with Gasteiger partial charge in [0.25, 0.3) is 0 Å². The second-order valence-electron chi connectivity index (χ2n) is 4.20. The Hall–Kier alpha value is -2.02. The Morgan fingerprint density at radius 3 is 2.86 bits per heavy atom. The number of para-hydroxylation sites is 1. The summed E-state index contributed by atoms with van der Waals surface area (Å²) in [6, 6.07) is 6.97. The molecule has 6 nitrogen and oxygen atoms in total. The van der Waals surface area contributed by atoms with Crippen LogP contribution in [0.1, 0.15) is 6.92 Å². The highest BCUT2D eigenvalue weighted by Gasteiger charge is 2.24. The van der Waals surface area contributed by atoms with E-state index in [1.807, 2.05) is 18.2 Å². The highest BCUT2D eigenvalue weighted by Crippen LogP contribution is 2.24. The van der Waals surface area contributed by atoms with E-state index in [9.17, 15) is 9.59 Å². The number of amides is 2. The van der Waals surface area contributed by atoms with Gasteiger partial charge in [-0.15, -0.1) is 0 Å². The molecule has 0 radical (unpaired) electrons. The van der Waals surface area contributed by atoms with E-state index in [-0.39, 0.29) is 25.8 Å². The van der Waals surface area contributed by atoms with Gasteiger partial charge in [-0.25, -0.2) is 9.59 Å². The maximum atomic E-state index is 11.9. The predicted molar refractivity (Wildman–Crippen MR) is 79.8 cm³/mol. The molecule has 21 heavy (non-hydrogen) atoms. The van der Waals surface area contributed by atoms with Gasteiger partial charge in [0, 0.05) is 0 Å². The topological polar surface area (TPSA) is 76.7 Å². The molecule has 0 unspecified atom stereocenters. The van der Waals surface area contributed by atoms with E-state index in [0.29, 0.717) is 17.0 Å². The first-order valence-corrected chi connectivity index (χ1v) is 7.22. The molecule has 2 N–H and O–H groups in total. The Morgan fingerprint density at radius 1 is 1.38 bits per heavy atom. The molecule has 1 aliphatic heterocycles. The fourth-order valence-corrected chi connectivity index (χ4v) is 2.18. The maximum Gasteiger partial charge on any atom is 0.337 e. The number of hydrogen-bond acceptors (Lipinski definition) is 4. The number of urea groups is 1. The summed E-state index contributed by atoms with van der Waals surface area (Å²) < 4.78 is 11.4. The lowest BCUT2D eigenvalue weighted by Crippen LogP contribution is -2.45. The molecule has 1 heterocycles. The fourth-order valence-electron chi connectivity index (χ4n) is 1.78. The van der Waals surface area contributed by atoms with Gasteiger partial charge in [0.2, 0.25) is 0 Å². The number of ether oxygens (including phenoxy) is 2. The normalized spacial score (nSPS) is 14.3. The molecule has 1 aliphatic rings. The minimum absolute atomic E-state index is 0.0736. The van der Waals surface area contributed by atoms with E-state index in [0.717, 1.165) is 4.47 Å². The molecule has 0 aromatic heterocycles. The number of benzene rings is 1. The Morgan fingerprint density at radius 2 is 2.14 bits per heavy atom. The van der Waals surface area contributed by atoms with Gasteiger partial charge in [0.1, 0.15) is 12.4 Å². The lowest BCUT2D eigenvalue weighted by Gasteiger charge is -2.21. The van der Waals surface area contributed by atoms with Crippen LogP contribution in [-0.4, -0.2) is 31.8 Å². The summed E-state index contributed by atoms with van der Waals surface area (Å²) in [6.07, 6.45) is 0. The standard InChI is InChI=1S/C14H15BrN2O4/c1-2-20-13(18)9-7-16-14(19)17-11(9)8-21-12-6-4-3-5-10(12)15/h3-6H,2,7-8H2,1H3,(H2,16,17,19). The first kappa shape index (κ1) is 15.4. The van der Waals surface area contributed by atoms with Gasteiger partial charge >= 0.3 is 12.0 Å². The van der Waals surface area contributed by atoms with Crippen molar-refractivity contribution in [2.75, 3.05) is 19.8 Å². The van der Waals surface area contributed by atoms with E-state index < -0.39 is 5.97 Å². The monoisotopic (exact) mass is 354 g/mol. The summed E-state index contributed by atoms with van der Waals surface area (Å²) in [4.78, 5) is 23.3. The third-order valence-corrected chi connectivity index (χ3v) is 3.44. The molecule has 0 saturated heterocycles. The minimum atomic E-state index is -0.462. The molecule has 0 bridgehead atoms. The van der Waals surface area contributed by atoms with Gasteiger partial charge in [-0.05, 0) is 35.0 Å². The zero-order valence-electron chi connectivity index (χ0n) is 11.4. The highest BCUT2D eigenvalue weighted by atomic mass is 79.9. The molecule has 0 saturated carbocycles. The van der Waals surface area contributed by atoms with Crippen molar-refractivity contribution < 1.29 is 19.1 Å². The largest absolute Gasteiger partial charge is 0.486 e. The van der Waals surface area contributed by atoms with Crippen molar-refractivity contribution in [1.29, 1.82) is 0 Å². The zero-order chi connectivity index (χ0) is 15.2. The number of hydrogen-bond donors (Lipinski definition) is 2. The average Bonchev–Trinajstić information content (AvgIpc) is 2.46. The summed E-state index contributed by atoms with van der Waals surface area (Å²) in [5.41, 5.74) is 0.774. The van der Waals surface area contributed by atoms with Crippen molar-refractivity contribution in [3.63, 3.8) is 0 Å². The quantitative estimate of drug-likeness (QED) is 0.792. The van der Waals surface area contributed by atoms with Crippen molar-refractivity contribution >= 4 is 27.9 Å². The molecular weight excluding hydrogens is 340 g/mol. The summed E-state index contributed by atoms with van der Waals surface area (Å²) in [5.74, 6) is 0.164. The van der Waals surface area contributed by atoms with Crippen LogP contribution >= 0.6 is 15.9 Å². The Bertz CT molecular complexity index is 586. The number of esters is 1. The minimum Gasteiger partial charge on any atom is -0.486 e. The Kier molecular flexibility index (Phi) is 5.21. The van der Waals surface area contributed by atoms with Crippen LogP contribution in [0.5, 0.6) is 5.75 Å². The summed E-state index contributed by atoms with van der Waals surface area (Å²) >= 11 is 3.37. The summed E-state index contributed by atoms with van der Waals surface area (Å²) in [6.45, 7) is 2.20. The first-order chi connectivity index (χ1) is 10.1.